The van der Waals surface area contributed by atoms with E-state index >= 15 is 0 Å². The Morgan fingerprint density at radius 1 is 1.19 bits per heavy atom. The predicted molar refractivity (Wildman–Crippen MR) is 107 cm³/mol. The fourth-order valence-corrected chi connectivity index (χ4v) is 4.15. The molecule has 7 heteroatoms. The molecule has 0 radical (unpaired) electrons. The molecule has 2 heterocycles. The number of ether oxygens (including phenoxy) is 2. The third-order valence-electron chi connectivity index (χ3n) is 4.66. The van der Waals surface area contributed by atoms with Gasteiger partial charge in [0.15, 0.2) is 0 Å². The van der Waals surface area contributed by atoms with Gasteiger partial charge in [-0.05, 0) is 36.4 Å². The van der Waals surface area contributed by atoms with Crippen LogP contribution in [0.5, 0.6) is 10.9 Å². The number of amides is 1. The molecule has 3 aromatic rings. The molecule has 0 spiro atoms. The average molecular weight is 403 g/mol. The number of piperidine rings is 1. The SMILES string of the molecule is COc1ccc2sc(OC3CCN(C(=O)c4ccc(Cl)cc4)CC3)nc2c1. The summed E-state index contributed by atoms with van der Waals surface area (Å²) in [6.07, 6.45) is 1.65. The van der Waals surface area contributed by atoms with E-state index < -0.39 is 0 Å². The van der Waals surface area contributed by atoms with Gasteiger partial charge >= 0.3 is 0 Å². The summed E-state index contributed by atoms with van der Waals surface area (Å²) in [6.45, 7) is 1.34. The third-order valence-corrected chi connectivity index (χ3v) is 5.84. The molecule has 0 bridgehead atoms. The lowest BCUT2D eigenvalue weighted by Crippen LogP contribution is -2.41. The molecule has 0 saturated carbocycles. The Kier molecular flexibility index (Phi) is 5.18. The molecule has 1 fully saturated rings. The van der Waals surface area contributed by atoms with Gasteiger partial charge < -0.3 is 14.4 Å². The van der Waals surface area contributed by atoms with Crippen molar-refractivity contribution in [1.29, 1.82) is 0 Å². The highest BCUT2D eigenvalue weighted by atomic mass is 35.5. The van der Waals surface area contributed by atoms with Crippen LogP contribution in [0, 0.1) is 0 Å². The number of carbonyl (C=O) groups excluding carboxylic acids is 1. The van der Waals surface area contributed by atoms with Crippen molar-refractivity contribution in [2.45, 2.75) is 18.9 Å². The van der Waals surface area contributed by atoms with Gasteiger partial charge in [0.2, 0.25) is 0 Å². The Balaban J connectivity index is 1.36. The number of hydrogen-bond acceptors (Lipinski definition) is 5. The summed E-state index contributed by atoms with van der Waals surface area (Å²) in [6, 6.07) is 12.8. The lowest BCUT2D eigenvalue weighted by Gasteiger charge is -2.31. The van der Waals surface area contributed by atoms with Gasteiger partial charge in [0.25, 0.3) is 11.1 Å². The summed E-state index contributed by atoms with van der Waals surface area (Å²) < 4.78 is 12.4. The minimum absolute atomic E-state index is 0.0391. The molecule has 4 rings (SSSR count). The number of methoxy groups -OCH3 is 1. The second-order valence-electron chi connectivity index (χ2n) is 6.43. The quantitative estimate of drug-likeness (QED) is 0.637. The van der Waals surface area contributed by atoms with E-state index in [1.807, 2.05) is 23.1 Å². The number of halogens is 1. The molecule has 1 amide bonds. The Morgan fingerprint density at radius 3 is 2.63 bits per heavy atom. The van der Waals surface area contributed by atoms with Crippen molar-refractivity contribution >= 4 is 39.1 Å². The zero-order chi connectivity index (χ0) is 18.8. The number of carbonyl (C=O) groups is 1. The molecule has 2 aromatic carbocycles. The van der Waals surface area contributed by atoms with Gasteiger partial charge in [-0.3, -0.25) is 4.79 Å². The summed E-state index contributed by atoms with van der Waals surface area (Å²) in [5, 5.41) is 1.30. The van der Waals surface area contributed by atoms with Crippen LogP contribution in [0.15, 0.2) is 42.5 Å². The van der Waals surface area contributed by atoms with Crippen LogP contribution in [0.4, 0.5) is 0 Å². The van der Waals surface area contributed by atoms with Crippen molar-refractivity contribution in [2.75, 3.05) is 20.2 Å². The van der Waals surface area contributed by atoms with E-state index in [2.05, 4.69) is 4.98 Å². The molecule has 0 unspecified atom stereocenters. The molecule has 0 atom stereocenters. The van der Waals surface area contributed by atoms with Gasteiger partial charge in [-0.1, -0.05) is 22.9 Å². The lowest BCUT2D eigenvalue weighted by atomic mass is 10.1. The van der Waals surface area contributed by atoms with E-state index in [1.54, 1.807) is 31.4 Å². The number of likely N-dealkylation sites (tertiary alicyclic amines) is 1. The van der Waals surface area contributed by atoms with Crippen molar-refractivity contribution in [3.8, 4) is 10.9 Å². The van der Waals surface area contributed by atoms with E-state index in [0.29, 0.717) is 28.9 Å². The Bertz CT molecular complexity index is 950. The molecule has 1 aliphatic heterocycles. The molecule has 1 aromatic heterocycles. The van der Waals surface area contributed by atoms with Crippen LogP contribution in [0.2, 0.25) is 5.02 Å². The van der Waals surface area contributed by atoms with Crippen LogP contribution in [-0.4, -0.2) is 42.1 Å². The fraction of sp³-hybridized carbons (Fsp3) is 0.300. The summed E-state index contributed by atoms with van der Waals surface area (Å²) in [4.78, 5) is 19.0. The molecule has 140 valence electrons. The molecule has 1 aliphatic rings. The van der Waals surface area contributed by atoms with Crippen LogP contribution < -0.4 is 9.47 Å². The number of nitrogens with zero attached hydrogens (tertiary/aromatic N) is 2. The van der Waals surface area contributed by atoms with Gasteiger partial charge in [-0.25, -0.2) is 4.98 Å². The second-order valence-corrected chi connectivity index (χ2v) is 7.86. The molecule has 1 saturated heterocycles. The Hall–Kier alpha value is -2.31. The summed E-state index contributed by atoms with van der Waals surface area (Å²) in [5.41, 5.74) is 1.54. The summed E-state index contributed by atoms with van der Waals surface area (Å²) in [7, 11) is 1.64. The molecular formula is C20H19ClN2O3S. The first kappa shape index (κ1) is 18.1. The van der Waals surface area contributed by atoms with Crippen molar-refractivity contribution in [1.82, 2.24) is 9.88 Å². The van der Waals surface area contributed by atoms with Crippen molar-refractivity contribution in [2.24, 2.45) is 0 Å². The zero-order valence-electron chi connectivity index (χ0n) is 14.9. The number of aromatic nitrogens is 1. The molecule has 27 heavy (non-hydrogen) atoms. The van der Waals surface area contributed by atoms with Gasteiger partial charge in [0, 0.05) is 42.6 Å². The highest BCUT2D eigenvalue weighted by molar-refractivity contribution is 7.20. The molecule has 5 nitrogen and oxygen atoms in total. The van der Waals surface area contributed by atoms with Crippen molar-refractivity contribution < 1.29 is 14.3 Å². The normalized spacial score (nSPS) is 15.1. The van der Waals surface area contributed by atoms with Gasteiger partial charge in [-0.15, -0.1) is 0 Å². The fourth-order valence-electron chi connectivity index (χ4n) is 3.16. The first-order valence-corrected chi connectivity index (χ1v) is 9.98. The maximum atomic E-state index is 12.6. The van der Waals surface area contributed by atoms with Crippen LogP contribution >= 0.6 is 22.9 Å². The maximum absolute atomic E-state index is 12.6. The first-order chi connectivity index (χ1) is 13.1. The summed E-state index contributed by atoms with van der Waals surface area (Å²) >= 11 is 7.42. The Morgan fingerprint density at radius 2 is 1.93 bits per heavy atom. The van der Waals surface area contributed by atoms with Gasteiger partial charge in [-0.2, -0.15) is 0 Å². The zero-order valence-corrected chi connectivity index (χ0v) is 16.4. The smallest absolute Gasteiger partial charge is 0.274 e. The van der Waals surface area contributed by atoms with Gasteiger partial charge in [0.05, 0.1) is 17.3 Å². The number of benzene rings is 2. The van der Waals surface area contributed by atoms with Crippen molar-refractivity contribution in [3.05, 3.63) is 53.1 Å². The van der Waals surface area contributed by atoms with E-state index in [-0.39, 0.29) is 12.0 Å². The lowest BCUT2D eigenvalue weighted by molar-refractivity contribution is 0.0595. The average Bonchev–Trinajstić information content (AvgIpc) is 3.10. The van der Waals surface area contributed by atoms with Crippen LogP contribution in [0.25, 0.3) is 10.2 Å². The van der Waals surface area contributed by atoms with Crippen LogP contribution in [0.3, 0.4) is 0 Å². The monoisotopic (exact) mass is 402 g/mol. The maximum Gasteiger partial charge on any atom is 0.274 e. The molecular weight excluding hydrogens is 384 g/mol. The number of thiazole rings is 1. The Labute approximate surface area is 166 Å². The van der Waals surface area contributed by atoms with E-state index in [1.165, 1.54) is 11.3 Å². The topological polar surface area (TPSA) is 51.7 Å². The highest BCUT2D eigenvalue weighted by Crippen LogP contribution is 2.32. The first-order valence-electron chi connectivity index (χ1n) is 8.78. The predicted octanol–water partition coefficient (Wildman–Crippen LogP) is 4.64. The number of rotatable bonds is 4. The highest BCUT2D eigenvalue weighted by Gasteiger charge is 2.25. The van der Waals surface area contributed by atoms with Gasteiger partial charge in [0.1, 0.15) is 11.9 Å². The number of hydrogen-bond donors (Lipinski definition) is 0. The van der Waals surface area contributed by atoms with E-state index in [4.69, 9.17) is 21.1 Å². The molecule has 0 N–H and O–H groups in total. The minimum Gasteiger partial charge on any atom is -0.497 e. The molecule has 0 aliphatic carbocycles. The van der Waals surface area contributed by atoms with E-state index in [9.17, 15) is 4.79 Å². The minimum atomic E-state index is 0.0391. The summed E-state index contributed by atoms with van der Waals surface area (Å²) in [5.74, 6) is 0.825. The standard InChI is InChI=1S/C20H19ClN2O3S/c1-25-16-6-7-18-17(12-16)22-20(27-18)26-15-8-10-23(11-9-15)19(24)13-2-4-14(21)5-3-13/h2-7,12,15H,8-11H2,1H3. The van der Waals surface area contributed by atoms with Crippen LogP contribution in [-0.2, 0) is 0 Å². The van der Waals surface area contributed by atoms with Crippen molar-refractivity contribution in [3.63, 3.8) is 0 Å². The van der Waals surface area contributed by atoms with E-state index in [0.717, 1.165) is 28.8 Å². The largest absolute Gasteiger partial charge is 0.497 e. The second kappa shape index (κ2) is 7.74. The number of fused-ring (bicyclic) bond motifs is 1. The third kappa shape index (κ3) is 4.01. The van der Waals surface area contributed by atoms with Crippen LogP contribution in [0.1, 0.15) is 23.2 Å².